The van der Waals surface area contributed by atoms with Crippen molar-refractivity contribution in [2.45, 2.75) is 120 Å². The molecule has 0 aromatic heterocycles. The zero-order valence-electron chi connectivity index (χ0n) is 31.7. The van der Waals surface area contributed by atoms with Gasteiger partial charge in [-0.05, 0) is 95.4 Å². The molecule has 0 spiro atoms. The van der Waals surface area contributed by atoms with Crippen molar-refractivity contribution in [2.75, 3.05) is 13.7 Å². The molecule has 0 bridgehead atoms. The molecule has 14 nitrogen and oxygen atoms in total. The number of benzene rings is 1. The van der Waals surface area contributed by atoms with Crippen LogP contribution < -0.4 is 20.1 Å². The van der Waals surface area contributed by atoms with Gasteiger partial charge in [0.05, 0.1) is 24.0 Å². The van der Waals surface area contributed by atoms with Gasteiger partial charge in [0.2, 0.25) is 27.4 Å². The van der Waals surface area contributed by atoms with Crippen LogP contribution in [0.4, 0.5) is 18.0 Å². The number of carbonyl (C=O) groups excluding carboxylic acids is 5. The molecule has 5 rings (SSSR count). The smallest absolute Gasteiger partial charge is 0.427 e. The topological polar surface area (TPSA) is 187 Å². The van der Waals surface area contributed by atoms with Gasteiger partial charge in [-0.3, -0.25) is 19.1 Å². The van der Waals surface area contributed by atoms with Crippen LogP contribution in [0.2, 0.25) is 0 Å². The summed E-state index contributed by atoms with van der Waals surface area (Å²) in [4.78, 5) is 69.9. The minimum atomic E-state index is -4.93. The van der Waals surface area contributed by atoms with E-state index in [0.717, 1.165) is 4.90 Å². The molecule has 0 unspecified atom stereocenters. The van der Waals surface area contributed by atoms with Crippen molar-refractivity contribution in [3.05, 3.63) is 42.0 Å². The molecule has 2 aliphatic carbocycles. The number of nitrogens with zero attached hydrogens (tertiary/aromatic N) is 1. The SMILES string of the molecule is COc1ccc(C(=O)O[C@@H]2C[C@H]3C(=O)N[C@]4(C(=O)NS(=O)(=O)C5(C)CC5)C[C@H]4/C=C\CC[C@H](C)C[C@@H](C)[C@H](NC(=O)OC(C)(C)C(F)(F)F)C(=O)N3C2)cc1. The van der Waals surface area contributed by atoms with Gasteiger partial charge in [0.25, 0.3) is 5.91 Å². The highest BCUT2D eigenvalue weighted by molar-refractivity contribution is 7.91. The number of carbonyl (C=O) groups is 5. The summed E-state index contributed by atoms with van der Waals surface area (Å²) in [7, 11) is -2.64. The first kappa shape index (κ1) is 41.8. The van der Waals surface area contributed by atoms with Crippen LogP contribution in [0.3, 0.4) is 0 Å². The van der Waals surface area contributed by atoms with Gasteiger partial charge in [0.15, 0.2) is 0 Å². The van der Waals surface area contributed by atoms with Crippen molar-refractivity contribution in [3.63, 3.8) is 0 Å². The average Bonchev–Trinajstić information content (AvgIpc) is 3.98. The fraction of sp³-hybridized carbons (Fsp3) is 0.649. The molecule has 0 radical (unpaired) electrons. The van der Waals surface area contributed by atoms with Crippen LogP contribution in [-0.2, 0) is 33.9 Å². The Balaban J connectivity index is 1.48. The number of allylic oxidation sites excluding steroid dienone is 1. The van der Waals surface area contributed by atoms with Crippen molar-refractivity contribution in [2.24, 2.45) is 17.8 Å². The van der Waals surface area contributed by atoms with Crippen molar-refractivity contribution in [3.8, 4) is 5.75 Å². The van der Waals surface area contributed by atoms with E-state index in [2.05, 4.69) is 15.4 Å². The predicted molar refractivity (Wildman–Crippen MR) is 191 cm³/mol. The van der Waals surface area contributed by atoms with E-state index in [0.29, 0.717) is 51.7 Å². The van der Waals surface area contributed by atoms with Gasteiger partial charge in [0.1, 0.15) is 29.5 Å². The Labute approximate surface area is 318 Å². The van der Waals surface area contributed by atoms with Crippen molar-refractivity contribution in [1.82, 2.24) is 20.3 Å². The zero-order chi connectivity index (χ0) is 40.7. The standard InChI is InChI=1S/C37H49F3N4O10S/c1-21-9-7-8-10-24-19-36(24,32(48)43-55(50,51)35(5)15-16-35)42-29(45)27-18-26(53-31(47)23-11-13-25(52-6)14-12-23)20-44(27)30(46)28(22(2)17-21)41-33(49)54-34(3,4)37(38,39)40/h8,10-14,21-22,24,26-28H,7,9,15-20H2,1-6H3,(H,41,49)(H,42,45)(H,43,48)/b10-8-/t21-,22+,24+,26+,27-,28-,36+/m0/s1. The largest absolute Gasteiger partial charge is 0.497 e. The van der Waals surface area contributed by atoms with Gasteiger partial charge in [-0.15, -0.1) is 0 Å². The number of ether oxygens (including phenoxy) is 3. The van der Waals surface area contributed by atoms with E-state index in [4.69, 9.17) is 14.2 Å². The number of amides is 4. The summed E-state index contributed by atoms with van der Waals surface area (Å²) >= 11 is 0. The van der Waals surface area contributed by atoms with Crippen molar-refractivity contribution >= 4 is 39.8 Å². The number of alkyl carbamates (subject to hydrolysis) is 1. The summed E-state index contributed by atoms with van der Waals surface area (Å²) in [6.45, 7) is 6.05. The number of nitrogens with one attached hydrogen (secondary N) is 3. The molecule has 18 heteroatoms. The zero-order valence-corrected chi connectivity index (χ0v) is 32.5. The van der Waals surface area contributed by atoms with Crippen LogP contribution in [-0.4, -0.2) is 97.0 Å². The highest BCUT2D eigenvalue weighted by Gasteiger charge is 2.63. The fourth-order valence-electron chi connectivity index (χ4n) is 6.99. The van der Waals surface area contributed by atoms with Crippen LogP contribution in [0.1, 0.15) is 89.9 Å². The highest BCUT2D eigenvalue weighted by Crippen LogP contribution is 2.47. The first-order valence-corrected chi connectivity index (χ1v) is 19.8. The number of fused-ring (bicyclic) bond motifs is 2. The Kier molecular flexibility index (Phi) is 11.6. The first-order chi connectivity index (χ1) is 25.5. The van der Waals surface area contributed by atoms with Crippen molar-refractivity contribution < 1.29 is 59.8 Å². The second-order valence-electron chi connectivity index (χ2n) is 16.0. The summed E-state index contributed by atoms with van der Waals surface area (Å²) in [5.41, 5.74) is -4.44. The van der Waals surface area contributed by atoms with Gasteiger partial charge >= 0.3 is 18.2 Å². The molecule has 4 amide bonds. The summed E-state index contributed by atoms with van der Waals surface area (Å²) in [6, 6.07) is 3.11. The van der Waals surface area contributed by atoms with E-state index in [1.165, 1.54) is 26.2 Å². The Bertz CT molecular complexity index is 1810. The van der Waals surface area contributed by atoms with Crippen LogP contribution >= 0.6 is 0 Å². The number of sulfonamides is 1. The lowest BCUT2D eigenvalue weighted by molar-refractivity contribution is -0.244. The average molecular weight is 799 g/mol. The molecular weight excluding hydrogens is 749 g/mol. The molecule has 2 saturated carbocycles. The van der Waals surface area contributed by atoms with Crippen LogP contribution in [0.15, 0.2) is 36.4 Å². The summed E-state index contributed by atoms with van der Waals surface area (Å²) in [5, 5.41) is 5.03. The molecule has 1 aromatic carbocycles. The number of methoxy groups -OCH3 is 1. The molecule has 1 saturated heterocycles. The second kappa shape index (κ2) is 15.3. The third-order valence-corrected chi connectivity index (χ3v) is 13.3. The maximum absolute atomic E-state index is 14.5. The quantitative estimate of drug-likeness (QED) is 0.255. The Hall–Kier alpha value is -4.35. The predicted octanol–water partition coefficient (Wildman–Crippen LogP) is 4.14. The molecular formula is C37H49F3N4O10S. The van der Waals surface area contributed by atoms with Gasteiger partial charge in [-0.25, -0.2) is 18.0 Å². The normalized spacial score (nSPS) is 30.2. The number of hydrogen-bond acceptors (Lipinski definition) is 10. The molecule has 304 valence electrons. The highest BCUT2D eigenvalue weighted by atomic mass is 32.2. The lowest BCUT2D eigenvalue weighted by Crippen LogP contribution is -2.59. The molecule has 2 aliphatic heterocycles. The van der Waals surface area contributed by atoms with Crippen LogP contribution in [0.5, 0.6) is 5.75 Å². The minimum Gasteiger partial charge on any atom is -0.497 e. The van der Waals surface area contributed by atoms with E-state index in [1.807, 2.05) is 13.0 Å². The molecule has 2 heterocycles. The number of rotatable bonds is 8. The van der Waals surface area contributed by atoms with Crippen molar-refractivity contribution in [1.29, 1.82) is 0 Å². The van der Waals surface area contributed by atoms with Crippen LogP contribution in [0.25, 0.3) is 0 Å². The molecule has 3 N–H and O–H groups in total. The third kappa shape index (κ3) is 9.04. The lowest BCUT2D eigenvalue weighted by Gasteiger charge is -2.34. The fourth-order valence-corrected chi connectivity index (χ4v) is 8.30. The number of alkyl halides is 3. The van der Waals surface area contributed by atoms with E-state index in [1.54, 1.807) is 25.1 Å². The monoisotopic (exact) mass is 798 g/mol. The van der Waals surface area contributed by atoms with E-state index in [9.17, 15) is 45.6 Å². The maximum atomic E-state index is 14.5. The van der Waals surface area contributed by atoms with Gasteiger partial charge in [0, 0.05) is 12.3 Å². The summed E-state index contributed by atoms with van der Waals surface area (Å²) in [6.07, 6.45) is -1.94. The Morgan fingerprint density at radius 2 is 1.69 bits per heavy atom. The molecule has 4 aliphatic rings. The van der Waals surface area contributed by atoms with Gasteiger partial charge in [-0.1, -0.05) is 26.0 Å². The molecule has 1 aromatic rings. The number of hydrogen-bond donors (Lipinski definition) is 3. The third-order valence-electron chi connectivity index (χ3n) is 11.2. The number of halogens is 3. The Morgan fingerprint density at radius 1 is 1.04 bits per heavy atom. The van der Waals surface area contributed by atoms with Gasteiger partial charge in [-0.2, -0.15) is 13.2 Å². The second-order valence-corrected chi connectivity index (χ2v) is 18.2. The van der Waals surface area contributed by atoms with E-state index >= 15 is 0 Å². The van der Waals surface area contributed by atoms with Gasteiger partial charge < -0.3 is 29.7 Å². The summed E-state index contributed by atoms with van der Waals surface area (Å²) in [5.74, 6) is -4.25. The van der Waals surface area contributed by atoms with Crippen LogP contribution in [0, 0.1) is 17.8 Å². The maximum Gasteiger partial charge on any atom is 0.427 e. The first-order valence-electron chi connectivity index (χ1n) is 18.3. The molecule has 55 heavy (non-hydrogen) atoms. The molecule has 7 atom stereocenters. The summed E-state index contributed by atoms with van der Waals surface area (Å²) < 4.78 is 83.8. The minimum absolute atomic E-state index is 0.0615. The van der Waals surface area contributed by atoms with E-state index < -0.39 is 91.9 Å². The Morgan fingerprint density at radius 3 is 2.29 bits per heavy atom. The number of esters is 1. The molecule has 3 fully saturated rings. The van der Waals surface area contributed by atoms with E-state index in [-0.39, 0.29) is 30.9 Å². The lowest BCUT2D eigenvalue weighted by atomic mass is 9.88.